The van der Waals surface area contributed by atoms with E-state index in [1.54, 1.807) is 0 Å². The Labute approximate surface area is 73.0 Å². The number of rotatable bonds is 3. The van der Waals surface area contributed by atoms with Crippen LogP contribution < -0.4 is 11.1 Å². The maximum Gasteiger partial charge on any atom is 0.125 e. The van der Waals surface area contributed by atoms with Gasteiger partial charge in [-0.25, -0.2) is 4.98 Å². The minimum atomic E-state index is 0.160. The standard InChI is InChI=1S/C9H15N3/c1-7-3-4-9(11-5-7)12-6-8(2)10/h3-5,8H,6,10H2,1-2H3,(H,11,12). The van der Waals surface area contributed by atoms with Crippen LogP contribution in [-0.2, 0) is 0 Å². The molecule has 3 nitrogen and oxygen atoms in total. The SMILES string of the molecule is Cc1ccc(NCC(C)N)nc1. The lowest BCUT2D eigenvalue weighted by Crippen LogP contribution is -2.25. The van der Waals surface area contributed by atoms with Crippen LogP contribution in [0.1, 0.15) is 12.5 Å². The highest BCUT2D eigenvalue weighted by molar-refractivity contribution is 5.35. The van der Waals surface area contributed by atoms with Crippen molar-refractivity contribution >= 4 is 5.82 Å². The Hall–Kier alpha value is -1.09. The molecule has 3 N–H and O–H groups in total. The van der Waals surface area contributed by atoms with E-state index in [-0.39, 0.29) is 6.04 Å². The monoisotopic (exact) mass is 165 g/mol. The quantitative estimate of drug-likeness (QED) is 0.706. The molecule has 0 aliphatic rings. The molecule has 0 amide bonds. The smallest absolute Gasteiger partial charge is 0.125 e. The second-order valence-corrected chi connectivity index (χ2v) is 3.08. The topological polar surface area (TPSA) is 50.9 Å². The van der Waals surface area contributed by atoms with Crippen molar-refractivity contribution in [3.63, 3.8) is 0 Å². The van der Waals surface area contributed by atoms with Crippen LogP contribution >= 0.6 is 0 Å². The lowest BCUT2D eigenvalue weighted by Gasteiger charge is -2.07. The van der Waals surface area contributed by atoms with Gasteiger partial charge in [-0.05, 0) is 25.5 Å². The number of hydrogen-bond acceptors (Lipinski definition) is 3. The van der Waals surface area contributed by atoms with E-state index in [2.05, 4.69) is 10.3 Å². The van der Waals surface area contributed by atoms with Gasteiger partial charge in [0.15, 0.2) is 0 Å². The van der Waals surface area contributed by atoms with Crippen molar-refractivity contribution in [3.05, 3.63) is 23.9 Å². The van der Waals surface area contributed by atoms with Gasteiger partial charge in [0, 0.05) is 18.8 Å². The maximum atomic E-state index is 5.58. The third kappa shape index (κ3) is 2.88. The van der Waals surface area contributed by atoms with E-state index >= 15 is 0 Å². The first-order chi connectivity index (χ1) is 5.68. The molecule has 0 saturated carbocycles. The summed E-state index contributed by atoms with van der Waals surface area (Å²) in [5.74, 6) is 0.887. The van der Waals surface area contributed by atoms with Gasteiger partial charge in [0.05, 0.1) is 0 Å². The van der Waals surface area contributed by atoms with Crippen molar-refractivity contribution in [2.75, 3.05) is 11.9 Å². The third-order valence-electron chi connectivity index (χ3n) is 1.52. The highest BCUT2D eigenvalue weighted by Crippen LogP contribution is 2.02. The number of hydrogen-bond donors (Lipinski definition) is 2. The molecule has 0 aliphatic carbocycles. The van der Waals surface area contributed by atoms with Crippen LogP contribution in [0.25, 0.3) is 0 Å². The van der Waals surface area contributed by atoms with E-state index in [0.717, 1.165) is 12.4 Å². The Morgan fingerprint density at radius 2 is 2.33 bits per heavy atom. The Morgan fingerprint density at radius 3 is 2.83 bits per heavy atom. The minimum absolute atomic E-state index is 0.160. The second kappa shape index (κ2) is 4.07. The zero-order valence-corrected chi connectivity index (χ0v) is 7.54. The molecule has 0 saturated heterocycles. The molecule has 1 aromatic heterocycles. The van der Waals surface area contributed by atoms with Gasteiger partial charge in [0.25, 0.3) is 0 Å². The molecule has 1 heterocycles. The van der Waals surface area contributed by atoms with Crippen LogP contribution in [0.2, 0.25) is 0 Å². The molecule has 66 valence electrons. The van der Waals surface area contributed by atoms with Gasteiger partial charge in [0.1, 0.15) is 5.82 Å². The molecular weight excluding hydrogens is 150 g/mol. The molecule has 1 rings (SSSR count). The van der Waals surface area contributed by atoms with Crippen LogP contribution in [-0.4, -0.2) is 17.6 Å². The molecular formula is C9H15N3. The number of aryl methyl sites for hydroxylation is 1. The molecule has 1 unspecified atom stereocenters. The van der Waals surface area contributed by atoms with Crippen LogP contribution in [0, 0.1) is 6.92 Å². The van der Waals surface area contributed by atoms with E-state index < -0.39 is 0 Å². The summed E-state index contributed by atoms with van der Waals surface area (Å²) in [7, 11) is 0. The fourth-order valence-corrected chi connectivity index (χ4v) is 0.838. The Kier molecular flexibility index (Phi) is 3.05. The molecule has 0 bridgehead atoms. The van der Waals surface area contributed by atoms with Gasteiger partial charge in [-0.15, -0.1) is 0 Å². The first-order valence-electron chi connectivity index (χ1n) is 4.10. The minimum Gasteiger partial charge on any atom is -0.369 e. The first-order valence-corrected chi connectivity index (χ1v) is 4.10. The van der Waals surface area contributed by atoms with Crippen molar-refractivity contribution in [2.24, 2.45) is 5.73 Å². The predicted molar refractivity (Wildman–Crippen MR) is 51.1 cm³/mol. The summed E-state index contributed by atoms with van der Waals surface area (Å²) in [5, 5.41) is 3.14. The summed E-state index contributed by atoms with van der Waals surface area (Å²) in [6, 6.07) is 4.14. The average Bonchev–Trinajstić information content (AvgIpc) is 2.03. The normalized spacial score (nSPS) is 12.6. The number of nitrogens with zero attached hydrogens (tertiary/aromatic N) is 1. The summed E-state index contributed by atoms with van der Waals surface area (Å²) in [5.41, 5.74) is 6.75. The van der Waals surface area contributed by atoms with Crippen molar-refractivity contribution in [3.8, 4) is 0 Å². The summed E-state index contributed by atoms with van der Waals surface area (Å²) in [6.07, 6.45) is 1.84. The van der Waals surface area contributed by atoms with Gasteiger partial charge in [-0.2, -0.15) is 0 Å². The molecule has 12 heavy (non-hydrogen) atoms. The highest BCUT2D eigenvalue weighted by Gasteiger charge is 1.94. The Morgan fingerprint density at radius 1 is 1.58 bits per heavy atom. The molecule has 1 atom stereocenters. The van der Waals surface area contributed by atoms with Gasteiger partial charge in [-0.3, -0.25) is 0 Å². The first kappa shape index (κ1) is 9.00. The lowest BCUT2D eigenvalue weighted by molar-refractivity contribution is 0.777. The van der Waals surface area contributed by atoms with Crippen molar-refractivity contribution in [2.45, 2.75) is 19.9 Å². The van der Waals surface area contributed by atoms with E-state index in [1.165, 1.54) is 5.56 Å². The number of pyridine rings is 1. The maximum absolute atomic E-state index is 5.58. The molecule has 0 spiro atoms. The van der Waals surface area contributed by atoms with Crippen molar-refractivity contribution in [1.29, 1.82) is 0 Å². The van der Waals surface area contributed by atoms with Crippen molar-refractivity contribution < 1.29 is 0 Å². The summed E-state index contributed by atoms with van der Waals surface area (Å²) in [4.78, 5) is 4.18. The molecule has 0 fully saturated rings. The van der Waals surface area contributed by atoms with Crippen LogP contribution in [0.3, 0.4) is 0 Å². The van der Waals surface area contributed by atoms with Crippen LogP contribution in [0.5, 0.6) is 0 Å². The third-order valence-corrected chi connectivity index (χ3v) is 1.52. The zero-order chi connectivity index (χ0) is 8.97. The zero-order valence-electron chi connectivity index (χ0n) is 7.54. The molecule has 0 aromatic carbocycles. The number of aromatic nitrogens is 1. The van der Waals surface area contributed by atoms with Crippen LogP contribution in [0.4, 0.5) is 5.82 Å². The van der Waals surface area contributed by atoms with E-state index in [4.69, 9.17) is 5.73 Å². The largest absolute Gasteiger partial charge is 0.369 e. The Bertz CT molecular complexity index is 228. The van der Waals surface area contributed by atoms with Gasteiger partial charge >= 0.3 is 0 Å². The molecule has 3 heteroatoms. The average molecular weight is 165 g/mol. The van der Waals surface area contributed by atoms with Gasteiger partial charge in [0.2, 0.25) is 0 Å². The summed E-state index contributed by atoms with van der Waals surface area (Å²) in [6.45, 7) is 4.74. The fourth-order valence-electron chi connectivity index (χ4n) is 0.838. The summed E-state index contributed by atoms with van der Waals surface area (Å²) < 4.78 is 0. The lowest BCUT2D eigenvalue weighted by atomic mass is 10.3. The van der Waals surface area contributed by atoms with E-state index in [0.29, 0.717) is 0 Å². The van der Waals surface area contributed by atoms with Crippen LogP contribution in [0.15, 0.2) is 18.3 Å². The number of anilines is 1. The van der Waals surface area contributed by atoms with E-state index in [1.807, 2.05) is 32.2 Å². The summed E-state index contributed by atoms with van der Waals surface area (Å²) >= 11 is 0. The molecule has 0 aliphatic heterocycles. The fraction of sp³-hybridized carbons (Fsp3) is 0.444. The van der Waals surface area contributed by atoms with E-state index in [9.17, 15) is 0 Å². The highest BCUT2D eigenvalue weighted by atomic mass is 15.0. The Balaban J connectivity index is 2.48. The van der Waals surface area contributed by atoms with Crippen molar-refractivity contribution in [1.82, 2.24) is 4.98 Å². The second-order valence-electron chi connectivity index (χ2n) is 3.08. The molecule has 1 aromatic rings. The predicted octanol–water partition coefficient (Wildman–Crippen LogP) is 1.15. The van der Waals surface area contributed by atoms with Gasteiger partial charge < -0.3 is 11.1 Å². The number of nitrogens with two attached hydrogens (primary N) is 1. The van der Waals surface area contributed by atoms with Gasteiger partial charge in [-0.1, -0.05) is 6.07 Å². The number of nitrogens with one attached hydrogen (secondary N) is 1. The molecule has 0 radical (unpaired) electrons.